The van der Waals surface area contributed by atoms with Gasteiger partial charge in [-0.15, -0.1) is 0 Å². The van der Waals surface area contributed by atoms with Crippen LogP contribution in [0.3, 0.4) is 0 Å². The molecule has 0 N–H and O–H groups in total. The fourth-order valence-electron chi connectivity index (χ4n) is 4.30. The molecule has 1 aliphatic carbocycles. The van der Waals surface area contributed by atoms with Gasteiger partial charge in [-0.25, -0.2) is 0 Å². The van der Waals surface area contributed by atoms with Crippen LogP contribution in [-0.2, 0) is 16.1 Å². The van der Waals surface area contributed by atoms with Gasteiger partial charge in [0.05, 0.1) is 13.2 Å². The third-order valence-electron chi connectivity index (χ3n) is 5.79. The van der Waals surface area contributed by atoms with Crippen molar-refractivity contribution in [3.63, 3.8) is 0 Å². The Kier molecular flexibility index (Phi) is 4.01. The molecule has 2 saturated heterocycles. The van der Waals surface area contributed by atoms with Gasteiger partial charge in [0.25, 0.3) is 0 Å². The molecule has 3 fully saturated rings. The molecule has 1 aromatic carbocycles. The maximum absolute atomic E-state index is 12.6. The number of rotatable bonds is 4. The molecule has 3 nitrogen and oxygen atoms in total. The molecule has 1 aromatic rings. The van der Waals surface area contributed by atoms with Gasteiger partial charge in [-0.2, -0.15) is 0 Å². The zero-order valence-electron chi connectivity index (χ0n) is 13.1. The third-order valence-corrected chi connectivity index (χ3v) is 5.79. The fraction of sp³-hybridized carbons (Fsp3) is 0.632. The molecule has 2 heterocycles. The number of hydrogen-bond acceptors (Lipinski definition) is 3. The second-order valence-corrected chi connectivity index (χ2v) is 7.20. The van der Waals surface area contributed by atoms with E-state index in [1.54, 1.807) is 0 Å². The van der Waals surface area contributed by atoms with Crippen LogP contribution in [-0.4, -0.2) is 36.0 Å². The Morgan fingerprint density at radius 3 is 2.32 bits per heavy atom. The van der Waals surface area contributed by atoms with Gasteiger partial charge in [0, 0.05) is 30.5 Å². The molecule has 4 rings (SSSR count). The van der Waals surface area contributed by atoms with Gasteiger partial charge in [0.15, 0.2) is 0 Å². The molecule has 0 amide bonds. The van der Waals surface area contributed by atoms with Crippen molar-refractivity contribution in [1.82, 2.24) is 4.90 Å². The number of fused-ring (bicyclic) bond motifs is 2. The van der Waals surface area contributed by atoms with E-state index in [9.17, 15) is 4.79 Å². The molecule has 2 bridgehead atoms. The van der Waals surface area contributed by atoms with E-state index in [0.717, 1.165) is 45.4 Å². The lowest BCUT2D eigenvalue weighted by molar-refractivity contribution is -0.139. The van der Waals surface area contributed by atoms with Crippen LogP contribution < -0.4 is 0 Å². The molecule has 0 spiro atoms. The lowest BCUT2D eigenvalue weighted by Crippen LogP contribution is -2.57. The van der Waals surface area contributed by atoms with Crippen LogP contribution in [0.15, 0.2) is 30.3 Å². The van der Waals surface area contributed by atoms with E-state index >= 15 is 0 Å². The van der Waals surface area contributed by atoms with E-state index in [0.29, 0.717) is 23.8 Å². The maximum Gasteiger partial charge on any atom is 0.139 e. The molecule has 2 atom stereocenters. The van der Waals surface area contributed by atoms with Gasteiger partial charge in [0.1, 0.15) is 5.78 Å². The number of carbonyl (C=O) groups is 1. The highest BCUT2D eigenvalue weighted by Crippen LogP contribution is 2.38. The summed E-state index contributed by atoms with van der Waals surface area (Å²) in [4.78, 5) is 15.2. The van der Waals surface area contributed by atoms with Crippen molar-refractivity contribution >= 4 is 5.78 Å². The van der Waals surface area contributed by atoms with Crippen molar-refractivity contribution in [1.29, 1.82) is 0 Å². The summed E-state index contributed by atoms with van der Waals surface area (Å²) in [5, 5.41) is 0. The number of nitrogens with zero attached hydrogens (tertiary/aromatic N) is 1. The van der Waals surface area contributed by atoms with E-state index in [1.807, 2.05) is 0 Å². The van der Waals surface area contributed by atoms with Crippen LogP contribution in [0, 0.1) is 11.8 Å². The number of hydrogen-bond donors (Lipinski definition) is 0. The lowest BCUT2D eigenvalue weighted by Gasteiger charge is -2.49. The lowest BCUT2D eigenvalue weighted by atomic mass is 9.72. The van der Waals surface area contributed by atoms with Crippen molar-refractivity contribution in [3.05, 3.63) is 35.9 Å². The van der Waals surface area contributed by atoms with Crippen molar-refractivity contribution in [3.8, 4) is 0 Å². The third kappa shape index (κ3) is 2.72. The van der Waals surface area contributed by atoms with E-state index in [1.165, 1.54) is 12.0 Å². The summed E-state index contributed by atoms with van der Waals surface area (Å²) < 4.78 is 5.78. The first-order chi connectivity index (χ1) is 10.8. The summed E-state index contributed by atoms with van der Waals surface area (Å²) in [6.07, 6.45) is 5.51. The number of ketones is 1. The molecule has 0 aromatic heterocycles. The Labute approximate surface area is 132 Å². The molecular weight excluding hydrogens is 274 g/mol. The predicted molar refractivity (Wildman–Crippen MR) is 85.5 cm³/mol. The van der Waals surface area contributed by atoms with Crippen molar-refractivity contribution in [2.45, 2.75) is 50.7 Å². The van der Waals surface area contributed by atoms with E-state index in [2.05, 4.69) is 35.2 Å². The summed E-state index contributed by atoms with van der Waals surface area (Å²) in [5.41, 5.74) is 1.36. The van der Waals surface area contributed by atoms with Crippen LogP contribution in [0.25, 0.3) is 0 Å². The number of carbonyl (C=O) groups excluding carboxylic acids is 1. The first-order valence-corrected chi connectivity index (χ1v) is 8.72. The topological polar surface area (TPSA) is 29.5 Å². The zero-order valence-corrected chi connectivity index (χ0v) is 13.1. The van der Waals surface area contributed by atoms with Gasteiger partial charge in [-0.1, -0.05) is 36.8 Å². The summed E-state index contributed by atoms with van der Waals surface area (Å²) in [7, 11) is 0. The molecular formula is C19H25NO2. The minimum Gasteiger partial charge on any atom is -0.378 e. The SMILES string of the molecule is O=C(C1CCC1)C1CC2COCC(C1)N2Cc1ccccc1. The van der Waals surface area contributed by atoms with Crippen LogP contribution >= 0.6 is 0 Å². The first-order valence-electron chi connectivity index (χ1n) is 8.72. The summed E-state index contributed by atoms with van der Waals surface area (Å²) >= 11 is 0. The monoisotopic (exact) mass is 299 g/mol. The average Bonchev–Trinajstić information content (AvgIpc) is 2.46. The molecule has 22 heavy (non-hydrogen) atoms. The highest BCUT2D eigenvalue weighted by Gasteiger charge is 2.43. The number of morpholine rings is 1. The number of piperidine rings is 1. The van der Waals surface area contributed by atoms with Crippen LogP contribution in [0.5, 0.6) is 0 Å². The van der Waals surface area contributed by atoms with Crippen molar-refractivity contribution in [2.24, 2.45) is 11.8 Å². The molecule has 3 heteroatoms. The second-order valence-electron chi connectivity index (χ2n) is 7.20. The van der Waals surface area contributed by atoms with Gasteiger partial charge in [0.2, 0.25) is 0 Å². The highest BCUT2D eigenvalue weighted by molar-refractivity contribution is 5.84. The normalized spacial score (nSPS) is 32.5. The van der Waals surface area contributed by atoms with Crippen LogP contribution in [0.4, 0.5) is 0 Å². The fourth-order valence-corrected chi connectivity index (χ4v) is 4.30. The van der Waals surface area contributed by atoms with Gasteiger partial charge >= 0.3 is 0 Å². The molecule has 0 radical (unpaired) electrons. The number of Topliss-reactive ketones (excluding diaryl/α,β-unsaturated/α-hetero) is 1. The first kappa shape index (κ1) is 14.4. The van der Waals surface area contributed by atoms with Crippen molar-refractivity contribution < 1.29 is 9.53 Å². The Balaban J connectivity index is 1.46. The van der Waals surface area contributed by atoms with Gasteiger partial charge in [-0.3, -0.25) is 9.69 Å². The molecule has 2 aliphatic heterocycles. The minimum absolute atomic E-state index is 0.288. The Hall–Kier alpha value is -1.19. The molecule has 2 unspecified atom stereocenters. The predicted octanol–water partition coefficient (Wildman–Crippen LogP) is 3.04. The second kappa shape index (κ2) is 6.13. The summed E-state index contributed by atoms with van der Waals surface area (Å²) in [5.74, 6) is 1.23. The van der Waals surface area contributed by atoms with E-state index in [4.69, 9.17) is 4.74 Å². The van der Waals surface area contributed by atoms with Crippen LogP contribution in [0.2, 0.25) is 0 Å². The van der Waals surface area contributed by atoms with E-state index in [-0.39, 0.29) is 5.92 Å². The Morgan fingerprint density at radius 1 is 1.05 bits per heavy atom. The minimum atomic E-state index is 0.288. The molecule has 1 saturated carbocycles. The highest BCUT2D eigenvalue weighted by atomic mass is 16.5. The maximum atomic E-state index is 12.6. The average molecular weight is 299 g/mol. The van der Waals surface area contributed by atoms with E-state index < -0.39 is 0 Å². The smallest absolute Gasteiger partial charge is 0.139 e. The quantitative estimate of drug-likeness (QED) is 0.856. The summed E-state index contributed by atoms with van der Waals surface area (Å²) in [6.45, 7) is 2.57. The largest absolute Gasteiger partial charge is 0.378 e. The van der Waals surface area contributed by atoms with Crippen molar-refractivity contribution in [2.75, 3.05) is 13.2 Å². The standard InChI is InChI=1S/C19H25NO2/c21-19(15-7-4-8-15)16-9-17-12-22-13-18(10-16)20(17)11-14-5-2-1-3-6-14/h1-3,5-6,15-18H,4,7-13H2. The molecule has 118 valence electrons. The number of benzene rings is 1. The number of ether oxygens (including phenoxy) is 1. The Bertz CT molecular complexity index is 511. The van der Waals surface area contributed by atoms with Gasteiger partial charge < -0.3 is 4.74 Å². The van der Waals surface area contributed by atoms with Gasteiger partial charge in [-0.05, 0) is 31.2 Å². The summed E-state index contributed by atoms with van der Waals surface area (Å²) in [6, 6.07) is 11.5. The molecule has 3 aliphatic rings. The van der Waals surface area contributed by atoms with Crippen LogP contribution in [0.1, 0.15) is 37.7 Å². The zero-order chi connectivity index (χ0) is 14.9. The Morgan fingerprint density at radius 2 is 1.73 bits per heavy atom.